The molecule has 2 N–H and O–H groups in total. The molecular weight excluding hydrogens is 428 g/mol. The minimum absolute atomic E-state index is 0.0544. The van der Waals surface area contributed by atoms with E-state index in [2.05, 4.69) is 10.3 Å². The van der Waals surface area contributed by atoms with E-state index in [1.165, 1.54) is 12.1 Å². The molecule has 2 aromatic rings. The number of fused-ring (bicyclic) bond motifs is 1. The standard InChI is InChI=1S/C23H26N4O6/c1-2-32-23(31)26-11-9-17(10-12-26)24-22(30)27-13-14-33-19-8-7-18(25-20(19)27)15-3-5-16(6-4-15)21(28)29/h3-8,17H,2,9-14H2,1H3,(H,24,30)(H,28,29). The van der Waals surface area contributed by atoms with Crippen LogP contribution >= 0.6 is 0 Å². The zero-order valence-corrected chi connectivity index (χ0v) is 18.3. The van der Waals surface area contributed by atoms with E-state index in [1.807, 2.05) is 0 Å². The molecule has 10 heteroatoms. The van der Waals surface area contributed by atoms with Crippen LogP contribution in [-0.4, -0.2) is 72.0 Å². The van der Waals surface area contributed by atoms with Crippen molar-refractivity contribution in [3.8, 4) is 17.0 Å². The van der Waals surface area contributed by atoms with Crippen LogP contribution in [0.4, 0.5) is 15.4 Å². The molecule has 0 spiro atoms. The molecule has 2 aliphatic heterocycles. The van der Waals surface area contributed by atoms with Crippen LogP contribution in [0.2, 0.25) is 0 Å². The van der Waals surface area contributed by atoms with Crippen molar-refractivity contribution in [2.75, 3.05) is 37.7 Å². The fraction of sp³-hybridized carbons (Fsp3) is 0.391. The Kier molecular flexibility index (Phi) is 6.62. The van der Waals surface area contributed by atoms with Gasteiger partial charge in [-0.1, -0.05) is 12.1 Å². The second-order valence-electron chi connectivity index (χ2n) is 7.81. The number of likely N-dealkylation sites (tertiary alicyclic amines) is 1. The Morgan fingerprint density at radius 1 is 1.12 bits per heavy atom. The highest BCUT2D eigenvalue weighted by atomic mass is 16.6. The number of hydrogen-bond donors (Lipinski definition) is 2. The zero-order chi connectivity index (χ0) is 23.4. The number of pyridine rings is 1. The molecule has 3 heterocycles. The highest BCUT2D eigenvalue weighted by Crippen LogP contribution is 2.32. The lowest BCUT2D eigenvalue weighted by atomic mass is 10.1. The van der Waals surface area contributed by atoms with E-state index < -0.39 is 5.97 Å². The van der Waals surface area contributed by atoms with Gasteiger partial charge in [0.05, 0.1) is 24.4 Å². The van der Waals surface area contributed by atoms with Gasteiger partial charge in [-0.3, -0.25) is 4.90 Å². The van der Waals surface area contributed by atoms with Crippen molar-refractivity contribution in [1.29, 1.82) is 0 Å². The average Bonchev–Trinajstić information content (AvgIpc) is 2.84. The highest BCUT2D eigenvalue weighted by molar-refractivity contribution is 5.93. The van der Waals surface area contributed by atoms with Crippen LogP contribution < -0.4 is 15.0 Å². The van der Waals surface area contributed by atoms with Crippen molar-refractivity contribution in [3.05, 3.63) is 42.0 Å². The first-order valence-electron chi connectivity index (χ1n) is 10.9. The second kappa shape index (κ2) is 9.76. The number of nitrogens with zero attached hydrogens (tertiary/aromatic N) is 3. The molecule has 2 aliphatic rings. The summed E-state index contributed by atoms with van der Waals surface area (Å²) in [6.07, 6.45) is 0.966. The van der Waals surface area contributed by atoms with Crippen LogP contribution in [0.5, 0.6) is 5.75 Å². The van der Waals surface area contributed by atoms with Crippen molar-refractivity contribution in [3.63, 3.8) is 0 Å². The molecule has 174 valence electrons. The molecule has 1 aromatic heterocycles. The van der Waals surface area contributed by atoms with Gasteiger partial charge in [0.15, 0.2) is 11.6 Å². The van der Waals surface area contributed by atoms with Crippen molar-refractivity contribution in [1.82, 2.24) is 15.2 Å². The molecule has 10 nitrogen and oxygen atoms in total. The number of ether oxygens (including phenoxy) is 2. The van der Waals surface area contributed by atoms with Crippen molar-refractivity contribution >= 4 is 23.9 Å². The fourth-order valence-corrected chi connectivity index (χ4v) is 3.91. The zero-order valence-electron chi connectivity index (χ0n) is 18.3. The molecule has 0 aliphatic carbocycles. The summed E-state index contributed by atoms with van der Waals surface area (Å²) in [5.74, 6) is -0.0637. The van der Waals surface area contributed by atoms with Gasteiger partial charge in [0.25, 0.3) is 0 Å². The minimum atomic E-state index is -0.996. The lowest BCUT2D eigenvalue weighted by molar-refractivity contribution is 0.0696. The number of anilines is 1. The molecule has 33 heavy (non-hydrogen) atoms. The maximum Gasteiger partial charge on any atom is 0.409 e. The minimum Gasteiger partial charge on any atom is -0.488 e. The molecular formula is C23H26N4O6. The van der Waals surface area contributed by atoms with E-state index in [9.17, 15) is 14.4 Å². The SMILES string of the molecule is CCOC(=O)N1CCC(NC(=O)N2CCOc3ccc(-c4ccc(C(=O)O)cc4)nc32)CC1. The molecule has 0 atom stereocenters. The number of carbonyl (C=O) groups is 3. The molecule has 0 saturated carbocycles. The van der Waals surface area contributed by atoms with E-state index in [4.69, 9.17) is 14.6 Å². The van der Waals surface area contributed by atoms with Gasteiger partial charge in [0.2, 0.25) is 0 Å². The van der Waals surface area contributed by atoms with Crippen LogP contribution in [0.15, 0.2) is 36.4 Å². The number of nitrogens with one attached hydrogen (secondary N) is 1. The number of carboxylic acids is 1. The summed E-state index contributed by atoms with van der Waals surface area (Å²) in [5, 5.41) is 12.1. The van der Waals surface area contributed by atoms with Crippen molar-refractivity contribution < 1.29 is 29.0 Å². The molecule has 0 bridgehead atoms. The van der Waals surface area contributed by atoms with Crippen molar-refractivity contribution in [2.24, 2.45) is 0 Å². The van der Waals surface area contributed by atoms with E-state index >= 15 is 0 Å². The number of carboxylic acid groups (broad SMARTS) is 1. The fourth-order valence-electron chi connectivity index (χ4n) is 3.91. The predicted molar refractivity (Wildman–Crippen MR) is 120 cm³/mol. The molecule has 3 amide bonds. The first-order chi connectivity index (χ1) is 16.0. The Balaban J connectivity index is 1.45. The first-order valence-corrected chi connectivity index (χ1v) is 10.9. The smallest absolute Gasteiger partial charge is 0.409 e. The molecule has 1 fully saturated rings. The average molecular weight is 454 g/mol. The largest absolute Gasteiger partial charge is 0.488 e. The number of amides is 3. The quantitative estimate of drug-likeness (QED) is 0.728. The molecule has 1 aromatic carbocycles. The Morgan fingerprint density at radius 3 is 2.52 bits per heavy atom. The van der Waals surface area contributed by atoms with E-state index in [-0.39, 0.29) is 23.7 Å². The van der Waals surface area contributed by atoms with Gasteiger partial charge in [-0.15, -0.1) is 0 Å². The van der Waals surface area contributed by atoms with Crippen LogP contribution in [-0.2, 0) is 4.74 Å². The van der Waals surface area contributed by atoms with E-state index in [1.54, 1.807) is 41.0 Å². The first kappa shape index (κ1) is 22.4. The molecule has 4 rings (SSSR count). The lowest BCUT2D eigenvalue weighted by Crippen LogP contribution is -2.52. The van der Waals surface area contributed by atoms with Crippen LogP contribution in [0.1, 0.15) is 30.1 Å². The Labute approximate surface area is 191 Å². The monoisotopic (exact) mass is 454 g/mol. The number of rotatable bonds is 4. The summed E-state index contributed by atoms with van der Waals surface area (Å²) in [7, 11) is 0. The summed E-state index contributed by atoms with van der Waals surface area (Å²) in [6, 6.07) is 9.63. The number of benzene rings is 1. The summed E-state index contributed by atoms with van der Waals surface area (Å²) in [6.45, 7) is 3.88. The topological polar surface area (TPSA) is 121 Å². The van der Waals surface area contributed by atoms with Gasteiger partial charge < -0.3 is 24.8 Å². The van der Waals surface area contributed by atoms with E-state index in [0.29, 0.717) is 63.0 Å². The number of aromatic nitrogens is 1. The number of hydrogen-bond acceptors (Lipinski definition) is 6. The third kappa shape index (κ3) is 5.00. The van der Waals surface area contributed by atoms with Crippen LogP contribution in [0.25, 0.3) is 11.3 Å². The van der Waals surface area contributed by atoms with Crippen LogP contribution in [0, 0.1) is 0 Å². The Bertz CT molecular complexity index is 1030. The normalized spacial score (nSPS) is 15.9. The third-order valence-electron chi connectivity index (χ3n) is 5.69. The van der Waals surface area contributed by atoms with Crippen LogP contribution in [0.3, 0.4) is 0 Å². The summed E-state index contributed by atoms with van der Waals surface area (Å²) in [4.78, 5) is 43.9. The number of carbonyl (C=O) groups excluding carboxylic acids is 2. The highest BCUT2D eigenvalue weighted by Gasteiger charge is 2.30. The molecule has 0 unspecified atom stereocenters. The third-order valence-corrected chi connectivity index (χ3v) is 5.69. The number of piperidine rings is 1. The van der Waals surface area contributed by atoms with Gasteiger partial charge in [-0.25, -0.2) is 19.4 Å². The van der Waals surface area contributed by atoms with Gasteiger partial charge in [0.1, 0.15) is 6.61 Å². The second-order valence-corrected chi connectivity index (χ2v) is 7.81. The summed E-state index contributed by atoms with van der Waals surface area (Å²) >= 11 is 0. The van der Waals surface area contributed by atoms with E-state index in [0.717, 1.165) is 5.56 Å². The Hall–Kier alpha value is -3.82. The Morgan fingerprint density at radius 2 is 1.85 bits per heavy atom. The van der Waals surface area contributed by atoms with Gasteiger partial charge in [-0.2, -0.15) is 0 Å². The van der Waals surface area contributed by atoms with Gasteiger partial charge in [-0.05, 0) is 44.0 Å². The maximum atomic E-state index is 13.1. The maximum absolute atomic E-state index is 13.1. The number of urea groups is 1. The number of aromatic carboxylic acids is 1. The van der Waals surface area contributed by atoms with Gasteiger partial charge in [0, 0.05) is 24.7 Å². The summed E-state index contributed by atoms with van der Waals surface area (Å²) in [5.41, 5.74) is 1.53. The van der Waals surface area contributed by atoms with Gasteiger partial charge >= 0.3 is 18.1 Å². The molecule has 0 radical (unpaired) electrons. The summed E-state index contributed by atoms with van der Waals surface area (Å²) < 4.78 is 10.7. The van der Waals surface area contributed by atoms with Crippen molar-refractivity contribution in [2.45, 2.75) is 25.8 Å². The predicted octanol–water partition coefficient (Wildman–Crippen LogP) is 2.98. The lowest BCUT2D eigenvalue weighted by Gasteiger charge is -2.34. The molecule has 1 saturated heterocycles.